The number of halogens is 2. The number of nitrogens with zero attached hydrogens (tertiary/aromatic N) is 1. The monoisotopic (exact) mass is 243 g/mol. The summed E-state index contributed by atoms with van der Waals surface area (Å²) in [5.74, 6) is 0.527. The van der Waals surface area contributed by atoms with Crippen molar-refractivity contribution >= 4 is 28.9 Å². The molecule has 1 atom stereocenters. The molecule has 1 aromatic carbocycles. The molecule has 1 unspecified atom stereocenters. The van der Waals surface area contributed by atoms with E-state index in [0.29, 0.717) is 11.9 Å². The van der Waals surface area contributed by atoms with Gasteiger partial charge in [0.2, 0.25) is 0 Å². The third-order valence-corrected chi connectivity index (χ3v) is 3.57. The maximum absolute atomic E-state index is 5.96. The highest BCUT2D eigenvalue weighted by atomic mass is 35.5. The van der Waals surface area contributed by atoms with Crippen molar-refractivity contribution in [3.63, 3.8) is 0 Å². The van der Waals surface area contributed by atoms with Crippen molar-refractivity contribution in [2.45, 2.75) is 31.7 Å². The molecule has 1 aliphatic rings. The van der Waals surface area contributed by atoms with Gasteiger partial charge < -0.3 is 4.90 Å². The van der Waals surface area contributed by atoms with Crippen molar-refractivity contribution in [3.05, 3.63) is 28.8 Å². The van der Waals surface area contributed by atoms with Crippen LogP contribution in [0.5, 0.6) is 0 Å². The molecule has 3 heteroatoms. The van der Waals surface area contributed by atoms with Crippen molar-refractivity contribution in [1.29, 1.82) is 0 Å². The minimum absolute atomic E-state index is 0.527. The Morgan fingerprint density at radius 1 is 1.47 bits per heavy atom. The van der Waals surface area contributed by atoms with Crippen LogP contribution in [-0.4, -0.2) is 12.6 Å². The molecule has 1 fully saturated rings. The molecule has 82 valence electrons. The van der Waals surface area contributed by atoms with Gasteiger partial charge in [-0.1, -0.05) is 11.6 Å². The van der Waals surface area contributed by atoms with Crippen LogP contribution in [0.15, 0.2) is 18.2 Å². The average molecular weight is 244 g/mol. The lowest BCUT2D eigenvalue weighted by atomic mass is 10.1. The van der Waals surface area contributed by atoms with Gasteiger partial charge in [-0.15, -0.1) is 11.6 Å². The fourth-order valence-electron chi connectivity index (χ4n) is 2.23. The maximum Gasteiger partial charge on any atom is 0.0495 e. The van der Waals surface area contributed by atoms with Crippen molar-refractivity contribution in [2.75, 3.05) is 11.4 Å². The number of anilines is 1. The Morgan fingerprint density at radius 2 is 2.27 bits per heavy atom. The van der Waals surface area contributed by atoms with Gasteiger partial charge in [0.05, 0.1) is 0 Å². The van der Waals surface area contributed by atoms with Gasteiger partial charge in [0, 0.05) is 29.2 Å². The first kappa shape index (κ1) is 11.1. The third kappa shape index (κ3) is 2.24. The van der Waals surface area contributed by atoms with E-state index in [1.165, 1.54) is 18.5 Å². The van der Waals surface area contributed by atoms with E-state index < -0.39 is 0 Å². The second kappa shape index (κ2) is 4.63. The highest BCUT2D eigenvalue weighted by molar-refractivity contribution is 6.30. The quantitative estimate of drug-likeness (QED) is 0.709. The minimum Gasteiger partial charge on any atom is -0.369 e. The topological polar surface area (TPSA) is 3.24 Å². The molecule has 0 amide bonds. The number of alkyl halides is 1. The van der Waals surface area contributed by atoms with Crippen LogP contribution in [0.25, 0.3) is 0 Å². The van der Waals surface area contributed by atoms with E-state index in [4.69, 9.17) is 23.2 Å². The number of rotatable bonds is 2. The predicted molar refractivity (Wildman–Crippen MR) is 67.1 cm³/mol. The van der Waals surface area contributed by atoms with Gasteiger partial charge in [-0.3, -0.25) is 0 Å². The summed E-state index contributed by atoms with van der Waals surface area (Å²) in [6.45, 7) is 3.40. The predicted octanol–water partition coefficient (Wildman–Crippen LogP) is 4.07. The summed E-state index contributed by atoms with van der Waals surface area (Å²) in [7, 11) is 0. The Balaban J connectivity index is 2.34. The number of benzene rings is 1. The van der Waals surface area contributed by atoms with Crippen LogP contribution >= 0.6 is 23.2 Å². The second-order valence-corrected chi connectivity index (χ2v) is 4.80. The van der Waals surface area contributed by atoms with E-state index >= 15 is 0 Å². The van der Waals surface area contributed by atoms with Gasteiger partial charge >= 0.3 is 0 Å². The molecule has 1 heterocycles. The van der Waals surface area contributed by atoms with Gasteiger partial charge in [0.1, 0.15) is 0 Å². The third-order valence-electron chi connectivity index (χ3n) is 3.05. The molecule has 0 radical (unpaired) electrons. The van der Waals surface area contributed by atoms with Crippen molar-refractivity contribution in [2.24, 2.45) is 0 Å². The zero-order chi connectivity index (χ0) is 10.8. The molecule has 1 nitrogen and oxygen atoms in total. The van der Waals surface area contributed by atoms with E-state index in [9.17, 15) is 0 Å². The summed E-state index contributed by atoms with van der Waals surface area (Å²) >= 11 is 11.9. The molecule has 0 spiro atoms. The lowest BCUT2D eigenvalue weighted by molar-refractivity contribution is 0.733. The molecule has 0 aliphatic carbocycles. The molecule has 0 saturated carbocycles. The Labute approximate surface area is 101 Å². The van der Waals surface area contributed by atoms with E-state index in [0.717, 1.165) is 17.1 Å². The molecule has 1 aromatic rings. The van der Waals surface area contributed by atoms with Crippen molar-refractivity contribution in [1.82, 2.24) is 0 Å². The normalized spacial score (nSPS) is 21.0. The van der Waals surface area contributed by atoms with Gasteiger partial charge in [0.25, 0.3) is 0 Å². The standard InChI is InChI=1S/C12H15Cl2N/c1-9-3-2-6-15(9)12-5-4-11(14)7-10(12)8-13/h4-5,7,9H,2-3,6,8H2,1H3. The largest absolute Gasteiger partial charge is 0.369 e. The van der Waals surface area contributed by atoms with E-state index in [1.54, 1.807) is 0 Å². The first-order valence-corrected chi connectivity index (χ1v) is 6.24. The summed E-state index contributed by atoms with van der Waals surface area (Å²) in [6, 6.07) is 6.61. The van der Waals surface area contributed by atoms with Crippen LogP contribution in [0.4, 0.5) is 5.69 Å². The summed E-state index contributed by atoms with van der Waals surface area (Å²) in [5, 5.41) is 0.765. The second-order valence-electron chi connectivity index (χ2n) is 4.09. The van der Waals surface area contributed by atoms with E-state index in [1.807, 2.05) is 12.1 Å². The molecule has 2 rings (SSSR count). The fraction of sp³-hybridized carbons (Fsp3) is 0.500. The van der Waals surface area contributed by atoms with Gasteiger partial charge in [0.15, 0.2) is 0 Å². The fourth-order valence-corrected chi connectivity index (χ4v) is 2.64. The molecular formula is C12H15Cl2N. The van der Waals surface area contributed by atoms with Crippen LogP contribution in [0, 0.1) is 0 Å². The number of hydrogen-bond donors (Lipinski definition) is 0. The Hall–Kier alpha value is -0.400. The van der Waals surface area contributed by atoms with Crippen LogP contribution < -0.4 is 4.90 Å². The molecule has 1 aliphatic heterocycles. The first-order chi connectivity index (χ1) is 7.22. The molecule has 0 N–H and O–H groups in total. The first-order valence-electron chi connectivity index (χ1n) is 5.33. The van der Waals surface area contributed by atoms with Gasteiger partial charge in [-0.2, -0.15) is 0 Å². The summed E-state index contributed by atoms with van der Waals surface area (Å²) in [6.07, 6.45) is 2.54. The van der Waals surface area contributed by atoms with Crippen molar-refractivity contribution < 1.29 is 0 Å². The zero-order valence-corrected chi connectivity index (χ0v) is 10.4. The van der Waals surface area contributed by atoms with Crippen molar-refractivity contribution in [3.8, 4) is 0 Å². The minimum atomic E-state index is 0.527. The zero-order valence-electron chi connectivity index (χ0n) is 8.84. The van der Waals surface area contributed by atoms with Crippen LogP contribution in [-0.2, 0) is 5.88 Å². The molecule has 0 aromatic heterocycles. The maximum atomic E-state index is 5.96. The molecular weight excluding hydrogens is 229 g/mol. The van der Waals surface area contributed by atoms with Crippen LogP contribution in [0.3, 0.4) is 0 Å². The SMILES string of the molecule is CC1CCCN1c1ccc(Cl)cc1CCl. The smallest absolute Gasteiger partial charge is 0.0495 e. The summed E-state index contributed by atoms with van der Waals surface area (Å²) in [5.41, 5.74) is 2.39. The summed E-state index contributed by atoms with van der Waals surface area (Å²) in [4.78, 5) is 2.42. The van der Waals surface area contributed by atoms with E-state index in [2.05, 4.69) is 17.9 Å². The van der Waals surface area contributed by atoms with E-state index in [-0.39, 0.29) is 0 Å². The van der Waals surface area contributed by atoms with Gasteiger partial charge in [-0.25, -0.2) is 0 Å². The Bertz CT molecular complexity index is 351. The Morgan fingerprint density at radius 3 is 2.87 bits per heavy atom. The lowest BCUT2D eigenvalue weighted by Gasteiger charge is -2.26. The van der Waals surface area contributed by atoms with Crippen LogP contribution in [0.2, 0.25) is 5.02 Å². The lowest BCUT2D eigenvalue weighted by Crippen LogP contribution is -2.27. The highest BCUT2D eigenvalue weighted by Crippen LogP contribution is 2.31. The van der Waals surface area contributed by atoms with Crippen LogP contribution in [0.1, 0.15) is 25.3 Å². The Kier molecular flexibility index (Phi) is 3.42. The summed E-state index contributed by atoms with van der Waals surface area (Å²) < 4.78 is 0. The molecule has 1 saturated heterocycles. The van der Waals surface area contributed by atoms with Gasteiger partial charge in [-0.05, 0) is 43.5 Å². The average Bonchev–Trinajstić information content (AvgIpc) is 2.64. The highest BCUT2D eigenvalue weighted by Gasteiger charge is 2.22. The number of hydrogen-bond acceptors (Lipinski definition) is 1. The molecule has 15 heavy (non-hydrogen) atoms. The molecule has 0 bridgehead atoms.